The fourth-order valence-corrected chi connectivity index (χ4v) is 36.4. The summed E-state index contributed by atoms with van der Waals surface area (Å²) in [5.74, 6) is 1.12. The van der Waals surface area contributed by atoms with E-state index in [1.54, 1.807) is 22.3 Å². The van der Waals surface area contributed by atoms with Crippen molar-refractivity contribution in [2.45, 2.75) is 69.1 Å². The Hall–Kier alpha value is -2.19. The van der Waals surface area contributed by atoms with Crippen LogP contribution in [-0.2, 0) is 20.0 Å². The van der Waals surface area contributed by atoms with Crippen molar-refractivity contribution < 1.29 is 44.8 Å². The molecule has 0 nitrogen and oxygen atoms in total. The van der Waals surface area contributed by atoms with Gasteiger partial charge in [0.15, 0.2) is 0 Å². The summed E-state index contributed by atoms with van der Waals surface area (Å²) in [4.78, 5) is 0. The molecule has 0 amide bonds. The van der Waals surface area contributed by atoms with Crippen molar-refractivity contribution in [1.82, 2.24) is 0 Å². The van der Waals surface area contributed by atoms with Crippen LogP contribution in [0.5, 0.6) is 0 Å². The number of benzene rings is 4. The van der Waals surface area contributed by atoms with Gasteiger partial charge in [0.2, 0.25) is 0 Å². The van der Waals surface area contributed by atoms with Gasteiger partial charge in [0, 0.05) is 0 Å². The first-order valence-corrected chi connectivity index (χ1v) is 24.8. The van der Waals surface area contributed by atoms with Gasteiger partial charge >= 0.3 is 253 Å². The first-order chi connectivity index (χ1) is 19.8. The first-order valence-electron chi connectivity index (χ1n) is 15.6. The van der Waals surface area contributed by atoms with E-state index in [9.17, 15) is 0 Å². The standard InChI is InChI=1S/2C19H19.C2H4.2ClH.Hf/c2*1-13(2)15-7-9-16(10-8-15)18-6-4-5-17-11-14(3)12-19(17)18;1-2;;;/h2*4-13H,1-3H3;1-2H2;2*1H;/q;;;;;+2/p-2. The summed E-state index contributed by atoms with van der Waals surface area (Å²) in [6, 6.07) is 33.0. The Labute approximate surface area is 275 Å². The normalized spacial score (nSPS) is 18.5. The molecule has 220 valence electrons. The molecule has 1 heterocycles. The van der Waals surface area contributed by atoms with E-state index in [1.165, 1.54) is 52.9 Å². The Morgan fingerprint density at radius 3 is 1.23 bits per heavy atom. The quantitative estimate of drug-likeness (QED) is 0.215. The van der Waals surface area contributed by atoms with E-state index in [4.69, 9.17) is 0 Å². The van der Waals surface area contributed by atoms with Crippen LogP contribution in [0, 0.1) is 0 Å². The van der Waals surface area contributed by atoms with Gasteiger partial charge < -0.3 is 24.8 Å². The number of halogens is 2. The molecule has 1 saturated heterocycles. The summed E-state index contributed by atoms with van der Waals surface area (Å²) >= 11 is -2.79. The molecule has 4 aromatic rings. The summed E-state index contributed by atoms with van der Waals surface area (Å²) in [7, 11) is 0. The van der Waals surface area contributed by atoms with Crippen molar-refractivity contribution in [2.24, 2.45) is 0 Å². The van der Waals surface area contributed by atoms with Gasteiger partial charge in [-0.3, -0.25) is 0 Å². The molecule has 2 aliphatic carbocycles. The van der Waals surface area contributed by atoms with Crippen molar-refractivity contribution in [2.75, 3.05) is 0 Å². The third kappa shape index (κ3) is 5.38. The minimum Gasteiger partial charge on any atom is -1.00 e. The molecule has 1 fully saturated rings. The molecule has 43 heavy (non-hydrogen) atoms. The van der Waals surface area contributed by atoms with Gasteiger partial charge in [-0.1, -0.05) is 0 Å². The fourth-order valence-electron chi connectivity index (χ4n) is 8.12. The summed E-state index contributed by atoms with van der Waals surface area (Å²) in [6.07, 6.45) is 5.13. The number of allylic oxidation sites excluding steroid dienone is 2. The van der Waals surface area contributed by atoms with E-state index < -0.39 is 20.0 Å². The third-order valence-electron chi connectivity index (χ3n) is 10.3. The largest absolute Gasteiger partial charge is 1.00 e. The van der Waals surface area contributed by atoms with E-state index in [1.807, 2.05) is 0 Å². The topological polar surface area (TPSA) is 0 Å². The van der Waals surface area contributed by atoms with Crippen LogP contribution in [0.15, 0.2) is 96.1 Å². The SMILES string of the molecule is CC1=Cc2c(-c3ccc(C(C)C)cc3)cccc2[CH]1[Hf+2]1([CH]2C(C)=Cc3c(-c4ccc(C(C)C)cc4)cccc32)[CH2][CH2]1.[Cl-].[Cl-]. The predicted octanol–water partition coefficient (Wildman–Crippen LogP) is 5.90. The van der Waals surface area contributed by atoms with Gasteiger partial charge in [0.1, 0.15) is 0 Å². The Kier molecular flexibility index (Phi) is 9.22. The molecular weight excluding hydrogens is 730 g/mol. The van der Waals surface area contributed by atoms with Crippen molar-refractivity contribution in [3.05, 3.63) is 129 Å². The first kappa shape index (κ1) is 32.2. The molecule has 0 aromatic heterocycles. The zero-order chi connectivity index (χ0) is 28.5. The monoisotopic (exact) mass is 772 g/mol. The van der Waals surface area contributed by atoms with Crippen molar-refractivity contribution in [1.29, 1.82) is 0 Å². The zero-order valence-electron chi connectivity index (χ0n) is 26.2. The molecule has 0 N–H and O–H groups in total. The Balaban J connectivity index is 0.00000184. The molecule has 3 heteroatoms. The smallest absolute Gasteiger partial charge is 1.00 e. The second-order valence-electron chi connectivity index (χ2n) is 13.5. The molecule has 2 unspecified atom stereocenters. The van der Waals surface area contributed by atoms with Crippen molar-refractivity contribution >= 4 is 12.2 Å². The Morgan fingerprint density at radius 2 is 0.907 bits per heavy atom. The Morgan fingerprint density at radius 1 is 0.535 bits per heavy atom. The van der Waals surface area contributed by atoms with Crippen LogP contribution >= 0.6 is 0 Å². The second kappa shape index (κ2) is 12.3. The fraction of sp³-hybridized carbons (Fsp3) is 0.300. The molecule has 0 saturated carbocycles. The van der Waals surface area contributed by atoms with Gasteiger partial charge in [-0.15, -0.1) is 0 Å². The molecule has 3 aliphatic rings. The minimum absolute atomic E-state index is 0. The van der Waals surface area contributed by atoms with Crippen LogP contribution in [0.25, 0.3) is 34.4 Å². The molecule has 4 aromatic carbocycles. The number of fused-ring (bicyclic) bond motifs is 2. The van der Waals surface area contributed by atoms with Gasteiger partial charge in [-0.25, -0.2) is 0 Å². The zero-order valence-corrected chi connectivity index (χ0v) is 31.3. The van der Waals surface area contributed by atoms with Gasteiger partial charge in [-0.2, -0.15) is 0 Å². The van der Waals surface area contributed by atoms with Gasteiger partial charge in [0.25, 0.3) is 0 Å². The predicted molar refractivity (Wildman–Crippen MR) is 174 cm³/mol. The molecular formula is C40H42Cl2Hf. The van der Waals surface area contributed by atoms with E-state index in [-0.39, 0.29) is 24.8 Å². The molecule has 0 spiro atoms. The summed E-state index contributed by atoms with van der Waals surface area (Å²) < 4.78 is 4.41. The number of hydrogen-bond donors (Lipinski definition) is 0. The minimum atomic E-state index is -2.79. The maximum absolute atomic E-state index is 2.79. The summed E-state index contributed by atoms with van der Waals surface area (Å²) in [5.41, 5.74) is 17.9. The molecule has 1 aliphatic heterocycles. The number of rotatable bonds is 6. The molecule has 2 atom stereocenters. The van der Waals surface area contributed by atoms with Crippen LogP contribution < -0.4 is 24.8 Å². The molecule has 0 bridgehead atoms. The van der Waals surface area contributed by atoms with E-state index in [0.29, 0.717) is 19.2 Å². The van der Waals surface area contributed by atoms with Crippen LogP contribution in [0.3, 0.4) is 0 Å². The third-order valence-corrected chi connectivity index (χ3v) is 30.0. The van der Waals surface area contributed by atoms with Gasteiger partial charge in [-0.05, 0) is 0 Å². The maximum Gasteiger partial charge on any atom is -1.00 e. The average molecular weight is 772 g/mol. The van der Waals surface area contributed by atoms with Gasteiger partial charge in [0.05, 0.1) is 0 Å². The van der Waals surface area contributed by atoms with Crippen molar-refractivity contribution in [3.63, 3.8) is 0 Å². The summed E-state index contributed by atoms with van der Waals surface area (Å²) in [6.45, 7) is 14.0. The van der Waals surface area contributed by atoms with Crippen LogP contribution in [-0.4, -0.2) is 0 Å². The van der Waals surface area contributed by atoms with E-state index in [2.05, 4.69) is 139 Å². The molecule has 7 rings (SSSR count). The van der Waals surface area contributed by atoms with Crippen LogP contribution in [0.2, 0.25) is 8.35 Å². The van der Waals surface area contributed by atoms with E-state index >= 15 is 0 Å². The van der Waals surface area contributed by atoms with Crippen LogP contribution in [0.4, 0.5) is 0 Å². The van der Waals surface area contributed by atoms with Crippen molar-refractivity contribution in [3.8, 4) is 22.3 Å². The summed E-state index contributed by atoms with van der Waals surface area (Å²) in [5, 5.41) is 0. The number of hydrogen-bond acceptors (Lipinski definition) is 0. The average Bonchev–Trinajstić information content (AvgIpc) is 3.55. The van der Waals surface area contributed by atoms with E-state index in [0.717, 1.165) is 0 Å². The maximum atomic E-state index is 2.56. The second-order valence-corrected chi connectivity index (χ2v) is 30.1. The molecule has 0 radical (unpaired) electrons. The Bertz CT molecular complexity index is 1580. The van der Waals surface area contributed by atoms with Crippen LogP contribution in [0.1, 0.15) is 94.1 Å².